The summed E-state index contributed by atoms with van der Waals surface area (Å²) in [5.74, 6) is -0.921. The molecule has 0 spiro atoms. The van der Waals surface area contributed by atoms with Gasteiger partial charge in [-0.1, -0.05) is 77.9 Å². The number of nitrogens with zero attached hydrogens (tertiary/aromatic N) is 2. The lowest BCUT2D eigenvalue weighted by atomic mass is 10.1. The van der Waals surface area contributed by atoms with Crippen LogP contribution in [-0.4, -0.2) is 31.1 Å². The Morgan fingerprint density at radius 1 is 1.07 bits per heavy atom. The molecule has 0 aliphatic rings. The van der Waals surface area contributed by atoms with E-state index in [-0.39, 0.29) is 5.56 Å². The first-order valence-corrected chi connectivity index (χ1v) is 9.10. The van der Waals surface area contributed by atoms with E-state index in [2.05, 4.69) is 23.4 Å². The van der Waals surface area contributed by atoms with Crippen molar-refractivity contribution in [2.75, 3.05) is 5.32 Å². The second kappa shape index (κ2) is 9.33. The number of thiol groups is 1. The van der Waals surface area contributed by atoms with Crippen LogP contribution in [0.4, 0.5) is 16.2 Å². The van der Waals surface area contributed by atoms with Gasteiger partial charge in [-0.05, 0) is 18.2 Å². The Kier molecular flexibility index (Phi) is 7.36. The van der Waals surface area contributed by atoms with Crippen LogP contribution in [0, 0.1) is 10.1 Å². The van der Waals surface area contributed by atoms with Gasteiger partial charge < -0.3 is 10.6 Å². The maximum absolute atomic E-state index is 12.5. The topological polar surface area (TPSA) is 105 Å². The molecule has 0 saturated heterocycles. The average molecular weight is 464 g/mol. The van der Waals surface area contributed by atoms with E-state index in [4.69, 9.17) is 34.8 Å². The van der Waals surface area contributed by atoms with Crippen molar-refractivity contribution < 1.29 is 14.5 Å². The maximum Gasteiger partial charge on any atom is 0.333 e. The van der Waals surface area contributed by atoms with E-state index >= 15 is 0 Å². The van der Waals surface area contributed by atoms with Crippen LogP contribution in [-0.2, 0) is 0 Å². The number of para-hydroxylation sites is 2. The Morgan fingerprint density at radius 2 is 1.64 bits per heavy atom. The predicted molar refractivity (Wildman–Crippen MR) is 111 cm³/mol. The van der Waals surface area contributed by atoms with Crippen LogP contribution in [0.15, 0.2) is 54.6 Å². The number of alkyl halides is 3. The van der Waals surface area contributed by atoms with Crippen molar-refractivity contribution in [2.45, 2.75) is 9.96 Å². The molecule has 148 valence electrons. The third kappa shape index (κ3) is 5.65. The third-order valence-electron chi connectivity index (χ3n) is 3.40. The highest BCUT2D eigenvalue weighted by Crippen LogP contribution is 2.34. The molecular formula is C16H13Cl3N4O4S. The summed E-state index contributed by atoms with van der Waals surface area (Å²) in [5, 5.41) is 15.9. The molecule has 0 bridgehead atoms. The minimum Gasteiger partial charge on any atom is -0.327 e. The SMILES string of the molecule is O=C(NC(N(S)C(=O)Nc1ccccc1)C(Cl)(Cl)Cl)c1ccccc1[N+](=O)[O-]. The monoisotopic (exact) mass is 462 g/mol. The number of nitro benzene ring substituents is 1. The molecule has 2 aromatic carbocycles. The van der Waals surface area contributed by atoms with Crippen molar-refractivity contribution in [2.24, 2.45) is 0 Å². The molecule has 0 aromatic heterocycles. The summed E-state index contributed by atoms with van der Waals surface area (Å²) in [6.45, 7) is 0. The number of hydrogen-bond donors (Lipinski definition) is 3. The highest BCUT2D eigenvalue weighted by atomic mass is 35.6. The van der Waals surface area contributed by atoms with Gasteiger partial charge in [-0.25, -0.2) is 9.10 Å². The minimum absolute atomic E-state index is 0.267. The number of urea groups is 1. The summed E-state index contributed by atoms with van der Waals surface area (Å²) in [4.78, 5) is 35.3. The molecule has 1 unspecified atom stereocenters. The number of carbonyl (C=O) groups is 2. The largest absolute Gasteiger partial charge is 0.333 e. The lowest BCUT2D eigenvalue weighted by Gasteiger charge is -2.32. The van der Waals surface area contributed by atoms with Crippen LogP contribution >= 0.6 is 47.6 Å². The van der Waals surface area contributed by atoms with E-state index in [0.29, 0.717) is 9.99 Å². The van der Waals surface area contributed by atoms with E-state index in [1.54, 1.807) is 30.3 Å². The molecule has 28 heavy (non-hydrogen) atoms. The normalized spacial score (nSPS) is 12.0. The molecule has 0 aliphatic heterocycles. The molecule has 0 radical (unpaired) electrons. The summed E-state index contributed by atoms with van der Waals surface area (Å²) >= 11 is 21.7. The molecule has 2 rings (SSSR count). The smallest absolute Gasteiger partial charge is 0.327 e. The van der Waals surface area contributed by atoms with E-state index in [0.717, 1.165) is 6.07 Å². The van der Waals surface area contributed by atoms with E-state index in [1.165, 1.54) is 18.2 Å². The van der Waals surface area contributed by atoms with Gasteiger partial charge in [0.2, 0.25) is 3.79 Å². The number of benzene rings is 2. The minimum atomic E-state index is -2.19. The Labute approximate surface area is 180 Å². The first kappa shape index (κ1) is 22.1. The van der Waals surface area contributed by atoms with Crippen molar-refractivity contribution in [1.82, 2.24) is 9.62 Å². The van der Waals surface area contributed by atoms with Gasteiger partial charge in [0.05, 0.1) is 4.92 Å². The number of halogens is 3. The molecular weight excluding hydrogens is 451 g/mol. The van der Waals surface area contributed by atoms with Crippen LogP contribution in [0.25, 0.3) is 0 Å². The highest BCUT2D eigenvalue weighted by Gasteiger charge is 2.41. The van der Waals surface area contributed by atoms with Crippen molar-refractivity contribution >= 4 is 70.9 Å². The lowest BCUT2D eigenvalue weighted by molar-refractivity contribution is -0.385. The average Bonchev–Trinajstić information content (AvgIpc) is 2.65. The van der Waals surface area contributed by atoms with Gasteiger partial charge in [0, 0.05) is 11.8 Å². The van der Waals surface area contributed by atoms with Gasteiger partial charge in [0.1, 0.15) is 5.56 Å². The number of nitro groups is 1. The third-order valence-corrected chi connectivity index (χ3v) is 4.43. The lowest BCUT2D eigenvalue weighted by Crippen LogP contribution is -2.54. The summed E-state index contributed by atoms with van der Waals surface area (Å²) < 4.78 is -1.51. The Hall–Kier alpha value is -2.20. The van der Waals surface area contributed by atoms with Gasteiger partial charge in [-0.15, -0.1) is 0 Å². The summed E-state index contributed by atoms with van der Waals surface area (Å²) in [6, 6.07) is 12.8. The standard InChI is InChI=1S/C16H13Cl3N4O4S/c17-16(18,19)14(22(28)15(25)20-10-6-2-1-3-7-10)21-13(24)11-8-4-5-9-12(11)23(26)27/h1-9,14,28H,(H,20,25)(H,21,24). The van der Waals surface area contributed by atoms with Crippen LogP contribution in [0.3, 0.4) is 0 Å². The molecule has 2 N–H and O–H groups in total. The molecule has 12 heteroatoms. The summed E-state index contributed by atoms with van der Waals surface area (Å²) in [5.41, 5.74) is -0.265. The zero-order chi connectivity index (χ0) is 20.9. The molecule has 1 atom stereocenters. The fourth-order valence-corrected chi connectivity index (χ4v) is 3.07. The molecule has 0 aliphatic carbocycles. The molecule has 0 saturated carbocycles. The molecule has 2 aromatic rings. The number of anilines is 1. The summed E-state index contributed by atoms with van der Waals surface area (Å²) in [7, 11) is 0. The zero-order valence-corrected chi connectivity index (χ0v) is 17.0. The first-order chi connectivity index (χ1) is 13.1. The maximum atomic E-state index is 12.5. The number of nitrogens with one attached hydrogen (secondary N) is 2. The Balaban J connectivity index is 2.23. The molecule has 0 heterocycles. The van der Waals surface area contributed by atoms with Crippen LogP contribution in [0.2, 0.25) is 0 Å². The first-order valence-electron chi connectivity index (χ1n) is 7.56. The number of amides is 3. The van der Waals surface area contributed by atoms with Gasteiger partial charge in [0.15, 0.2) is 6.17 Å². The van der Waals surface area contributed by atoms with E-state index < -0.39 is 32.5 Å². The number of rotatable bonds is 5. The fourth-order valence-electron chi connectivity index (χ4n) is 2.13. The Bertz CT molecular complexity index is 880. The summed E-state index contributed by atoms with van der Waals surface area (Å²) in [6.07, 6.45) is -1.54. The van der Waals surface area contributed by atoms with Crippen molar-refractivity contribution in [3.8, 4) is 0 Å². The Morgan fingerprint density at radius 3 is 2.21 bits per heavy atom. The molecule has 0 fully saturated rings. The van der Waals surface area contributed by atoms with Gasteiger partial charge in [-0.2, -0.15) is 0 Å². The number of hydrogen-bond acceptors (Lipinski definition) is 5. The fraction of sp³-hybridized carbons (Fsp3) is 0.125. The van der Waals surface area contributed by atoms with Crippen molar-refractivity contribution in [3.05, 3.63) is 70.3 Å². The molecule has 8 nitrogen and oxygen atoms in total. The van der Waals surface area contributed by atoms with Gasteiger partial charge in [-0.3, -0.25) is 14.9 Å². The van der Waals surface area contributed by atoms with Gasteiger partial charge >= 0.3 is 6.03 Å². The quantitative estimate of drug-likeness (QED) is 0.201. The number of carbonyl (C=O) groups excluding carboxylic acids is 2. The second-order valence-corrected chi connectivity index (χ2v) is 8.13. The zero-order valence-electron chi connectivity index (χ0n) is 13.9. The van der Waals surface area contributed by atoms with E-state index in [1.807, 2.05) is 0 Å². The highest BCUT2D eigenvalue weighted by molar-refractivity contribution is 7.78. The van der Waals surface area contributed by atoms with Crippen molar-refractivity contribution in [1.29, 1.82) is 0 Å². The van der Waals surface area contributed by atoms with E-state index in [9.17, 15) is 19.7 Å². The van der Waals surface area contributed by atoms with Crippen LogP contribution in [0.1, 0.15) is 10.4 Å². The van der Waals surface area contributed by atoms with Gasteiger partial charge in [0.25, 0.3) is 11.6 Å². The van der Waals surface area contributed by atoms with Crippen LogP contribution in [0.5, 0.6) is 0 Å². The van der Waals surface area contributed by atoms with Crippen LogP contribution < -0.4 is 10.6 Å². The second-order valence-electron chi connectivity index (χ2n) is 5.33. The molecule has 3 amide bonds. The van der Waals surface area contributed by atoms with Crippen molar-refractivity contribution in [3.63, 3.8) is 0 Å². The predicted octanol–water partition coefficient (Wildman–Crippen LogP) is 4.40.